The molecule has 1 amide bonds. The van der Waals surface area contributed by atoms with Crippen LogP contribution >= 0.6 is 0 Å². The van der Waals surface area contributed by atoms with Gasteiger partial charge < -0.3 is 15.0 Å². The average Bonchev–Trinajstić information content (AvgIpc) is 2.78. The van der Waals surface area contributed by atoms with Crippen LogP contribution in [0.3, 0.4) is 0 Å². The first-order chi connectivity index (χ1) is 8.71. The molecular weight excluding hydrogens is 235 g/mol. The first-order valence-electron chi connectivity index (χ1n) is 6.08. The third kappa shape index (κ3) is 1.79. The zero-order valence-corrected chi connectivity index (χ0v) is 9.99. The van der Waals surface area contributed by atoms with Gasteiger partial charge in [-0.2, -0.15) is 0 Å². The van der Waals surface area contributed by atoms with E-state index in [1.807, 2.05) is 0 Å². The van der Waals surface area contributed by atoms with Gasteiger partial charge in [-0.15, -0.1) is 0 Å². The van der Waals surface area contributed by atoms with Crippen LogP contribution in [0.25, 0.3) is 0 Å². The van der Waals surface area contributed by atoms with Gasteiger partial charge in [0.2, 0.25) is 0 Å². The van der Waals surface area contributed by atoms with Crippen LogP contribution in [0.15, 0.2) is 24.3 Å². The lowest BCUT2D eigenvalue weighted by Crippen LogP contribution is -2.61. The summed E-state index contributed by atoms with van der Waals surface area (Å²) in [6, 6.07) is 6.19. The Hall–Kier alpha value is -1.46. The van der Waals surface area contributed by atoms with Crippen molar-refractivity contribution in [2.75, 3.05) is 31.2 Å². The summed E-state index contributed by atoms with van der Waals surface area (Å²) in [7, 11) is 0. The van der Waals surface area contributed by atoms with Gasteiger partial charge in [-0.05, 0) is 31.2 Å². The Morgan fingerprint density at radius 2 is 2.33 bits per heavy atom. The largest absolute Gasteiger partial charge is 0.369 e. The summed E-state index contributed by atoms with van der Waals surface area (Å²) >= 11 is 0. The second-order valence-corrected chi connectivity index (χ2v) is 4.85. The summed E-state index contributed by atoms with van der Waals surface area (Å²) in [5.41, 5.74) is 0.260. The fourth-order valence-corrected chi connectivity index (χ4v) is 2.80. The van der Waals surface area contributed by atoms with Gasteiger partial charge in [-0.1, -0.05) is 6.07 Å². The van der Waals surface area contributed by atoms with E-state index in [-0.39, 0.29) is 23.9 Å². The van der Waals surface area contributed by atoms with E-state index in [1.54, 1.807) is 17.0 Å². The SMILES string of the molecule is O=C1COCC2(CCNC2)N1c1cccc(F)c1. The van der Waals surface area contributed by atoms with Crippen LogP contribution in [0.2, 0.25) is 0 Å². The fourth-order valence-electron chi connectivity index (χ4n) is 2.80. The first-order valence-corrected chi connectivity index (χ1v) is 6.08. The number of hydrogen-bond acceptors (Lipinski definition) is 3. The molecule has 1 unspecified atom stereocenters. The van der Waals surface area contributed by atoms with E-state index in [9.17, 15) is 9.18 Å². The van der Waals surface area contributed by atoms with Crippen LogP contribution in [-0.4, -0.2) is 37.7 Å². The van der Waals surface area contributed by atoms with Gasteiger partial charge in [0.25, 0.3) is 5.91 Å². The number of amides is 1. The molecule has 2 aliphatic rings. The number of nitrogens with zero attached hydrogens (tertiary/aromatic N) is 1. The van der Waals surface area contributed by atoms with Crippen molar-refractivity contribution in [3.8, 4) is 0 Å². The molecule has 2 heterocycles. The van der Waals surface area contributed by atoms with E-state index >= 15 is 0 Å². The van der Waals surface area contributed by atoms with Gasteiger partial charge in [0.05, 0.1) is 12.1 Å². The number of carbonyl (C=O) groups is 1. The van der Waals surface area contributed by atoms with E-state index in [0.29, 0.717) is 18.8 Å². The highest BCUT2D eigenvalue weighted by atomic mass is 19.1. The molecule has 1 aromatic rings. The van der Waals surface area contributed by atoms with Crippen molar-refractivity contribution in [1.82, 2.24) is 5.32 Å². The smallest absolute Gasteiger partial charge is 0.253 e. The lowest BCUT2D eigenvalue weighted by molar-refractivity contribution is -0.129. The number of nitrogens with one attached hydrogen (secondary N) is 1. The molecule has 4 nitrogen and oxygen atoms in total. The maximum absolute atomic E-state index is 13.3. The van der Waals surface area contributed by atoms with Crippen molar-refractivity contribution in [1.29, 1.82) is 0 Å². The predicted molar refractivity (Wildman–Crippen MR) is 64.9 cm³/mol. The highest BCUT2D eigenvalue weighted by Gasteiger charge is 2.46. The van der Waals surface area contributed by atoms with Crippen molar-refractivity contribution >= 4 is 11.6 Å². The lowest BCUT2D eigenvalue weighted by Gasteiger charge is -2.43. The summed E-state index contributed by atoms with van der Waals surface area (Å²) < 4.78 is 18.7. The van der Waals surface area contributed by atoms with Crippen molar-refractivity contribution in [2.45, 2.75) is 12.0 Å². The van der Waals surface area contributed by atoms with E-state index in [1.165, 1.54) is 12.1 Å². The molecular formula is C13H15FN2O2. The maximum Gasteiger partial charge on any atom is 0.253 e. The Bertz CT molecular complexity index is 472. The summed E-state index contributed by atoms with van der Waals surface area (Å²) in [5, 5.41) is 3.25. The molecule has 1 N–H and O–H groups in total. The predicted octanol–water partition coefficient (Wildman–Crippen LogP) is 0.921. The number of ether oxygens (including phenoxy) is 1. The third-order valence-corrected chi connectivity index (χ3v) is 3.61. The van der Waals surface area contributed by atoms with Crippen molar-refractivity contribution in [3.05, 3.63) is 30.1 Å². The maximum atomic E-state index is 13.3. The quantitative estimate of drug-likeness (QED) is 0.806. The number of morpholine rings is 1. The molecule has 0 bridgehead atoms. The second kappa shape index (κ2) is 4.33. The van der Waals surface area contributed by atoms with Gasteiger partial charge in [0.1, 0.15) is 12.4 Å². The van der Waals surface area contributed by atoms with Gasteiger partial charge in [0, 0.05) is 12.2 Å². The summed E-state index contributed by atoms with van der Waals surface area (Å²) in [4.78, 5) is 13.8. The van der Waals surface area contributed by atoms with Crippen LogP contribution in [0.1, 0.15) is 6.42 Å². The summed E-state index contributed by atoms with van der Waals surface area (Å²) in [6.07, 6.45) is 0.829. The normalized spacial score (nSPS) is 28.1. The monoisotopic (exact) mass is 250 g/mol. The molecule has 0 saturated carbocycles. The van der Waals surface area contributed by atoms with Gasteiger partial charge in [-0.25, -0.2) is 4.39 Å². The zero-order chi connectivity index (χ0) is 12.6. The zero-order valence-electron chi connectivity index (χ0n) is 9.99. The van der Waals surface area contributed by atoms with E-state index < -0.39 is 0 Å². The number of rotatable bonds is 1. The Morgan fingerprint density at radius 3 is 3.06 bits per heavy atom. The molecule has 0 radical (unpaired) electrons. The van der Waals surface area contributed by atoms with Crippen LogP contribution < -0.4 is 10.2 Å². The molecule has 1 atom stereocenters. The molecule has 2 aliphatic heterocycles. The third-order valence-electron chi connectivity index (χ3n) is 3.61. The number of hydrogen-bond donors (Lipinski definition) is 1. The van der Waals surface area contributed by atoms with Gasteiger partial charge >= 0.3 is 0 Å². The molecule has 2 fully saturated rings. The Labute approximate surface area is 105 Å². The lowest BCUT2D eigenvalue weighted by atomic mass is 9.94. The molecule has 3 rings (SSSR count). The topological polar surface area (TPSA) is 41.6 Å². The van der Waals surface area contributed by atoms with E-state index in [4.69, 9.17) is 4.74 Å². The van der Waals surface area contributed by atoms with Crippen LogP contribution in [0, 0.1) is 5.82 Å². The number of halogens is 1. The molecule has 0 aliphatic carbocycles. The molecule has 18 heavy (non-hydrogen) atoms. The number of carbonyl (C=O) groups excluding carboxylic acids is 1. The minimum absolute atomic E-state index is 0.0677. The standard InChI is InChI=1S/C13H15FN2O2/c14-10-2-1-3-11(6-10)16-12(17)7-18-9-13(16)4-5-15-8-13/h1-3,6,15H,4-5,7-9H2. The van der Waals surface area contributed by atoms with Gasteiger partial charge in [-0.3, -0.25) is 4.79 Å². The van der Waals surface area contributed by atoms with Crippen LogP contribution in [0.5, 0.6) is 0 Å². The summed E-state index contributed by atoms with van der Waals surface area (Å²) in [6.45, 7) is 2.11. The Morgan fingerprint density at radius 1 is 1.44 bits per heavy atom. The van der Waals surface area contributed by atoms with Gasteiger partial charge in [0.15, 0.2) is 0 Å². The summed E-state index contributed by atoms with van der Waals surface area (Å²) in [5.74, 6) is -0.427. The molecule has 5 heteroatoms. The second-order valence-electron chi connectivity index (χ2n) is 4.85. The first kappa shape index (κ1) is 11.6. The number of anilines is 1. The van der Waals surface area contributed by atoms with Crippen LogP contribution in [-0.2, 0) is 9.53 Å². The molecule has 1 spiro atoms. The van der Waals surface area contributed by atoms with Crippen molar-refractivity contribution in [2.24, 2.45) is 0 Å². The molecule has 2 saturated heterocycles. The Balaban J connectivity index is 2.02. The van der Waals surface area contributed by atoms with Crippen LogP contribution in [0.4, 0.5) is 10.1 Å². The molecule has 0 aromatic heterocycles. The van der Waals surface area contributed by atoms with E-state index in [2.05, 4.69) is 5.32 Å². The van der Waals surface area contributed by atoms with Crippen molar-refractivity contribution in [3.63, 3.8) is 0 Å². The highest BCUT2D eigenvalue weighted by molar-refractivity contribution is 5.96. The molecule has 1 aromatic carbocycles. The van der Waals surface area contributed by atoms with E-state index in [0.717, 1.165) is 13.0 Å². The average molecular weight is 250 g/mol. The highest BCUT2D eigenvalue weighted by Crippen LogP contribution is 2.32. The minimum atomic E-state index is -0.358. The van der Waals surface area contributed by atoms with Crippen molar-refractivity contribution < 1.29 is 13.9 Å². The Kier molecular flexibility index (Phi) is 2.80. The molecule has 96 valence electrons. The fraction of sp³-hybridized carbons (Fsp3) is 0.462. The number of benzene rings is 1. The minimum Gasteiger partial charge on any atom is -0.369 e.